The quantitative estimate of drug-likeness (QED) is 0.599. The fourth-order valence-corrected chi connectivity index (χ4v) is 1.76. The molecule has 0 aromatic rings. The largest absolute Gasteiger partial charge is 0.500 e. The molecular weight excluding hydrogens is 152 g/mol. The molecule has 0 aromatic carbocycles. The van der Waals surface area contributed by atoms with Gasteiger partial charge in [-0.15, -0.1) is 0 Å². The first-order chi connectivity index (χ1) is 4.67. The van der Waals surface area contributed by atoms with Crippen LogP contribution in [-0.4, -0.2) is 20.8 Å². The molecule has 10 heavy (non-hydrogen) atoms. The van der Waals surface area contributed by atoms with Gasteiger partial charge in [-0.1, -0.05) is 6.92 Å². The molecule has 1 aliphatic rings. The molecule has 0 atom stereocenters. The lowest BCUT2D eigenvalue weighted by Gasteiger charge is -1.96. The molecule has 0 fully saturated rings. The molecule has 4 heteroatoms. The molecule has 0 saturated heterocycles. The van der Waals surface area contributed by atoms with E-state index in [-0.39, 0.29) is 5.75 Å². The zero-order valence-corrected chi connectivity index (χ0v) is 6.65. The van der Waals surface area contributed by atoms with Gasteiger partial charge in [-0.25, -0.2) is 8.42 Å². The fourth-order valence-electron chi connectivity index (χ4n) is 0.785. The van der Waals surface area contributed by atoms with Crippen molar-refractivity contribution in [1.29, 1.82) is 0 Å². The Morgan fingerprint density at radius 2 is 2.40 bits per heavy atom. The lowest BCUT2D eigenvalue weighted by molar-refractivity contribution is 0.281. The molecule has 0 N–H and O–H groups in total. The van der Waals surface area contributed by atoms with Crippen LogP contribution in [0.3, 0.4) is 0 Å². The molecule has 0 saturated carbocycles. The average Bonchev–Trinajstić information content (AvgIpc) is 2.38. The fraction of sp³-hybridized carbons (Fsp3) is 0.667. The summed E-state index contributed by atoms with van der Waals surface area (Å²) in [7, 11) is -2.96. The summed E-state index contributed by atoms with van der Waals surface area (Å²) < 4.78 is 26.9. The molecule has 0 aromatic heterocycles. The van der Waals surface area contributed by atoms with Crippen molar-refractivity contribution in [3.8, 4) is 0 Å². The smallest absolute Gasteiger partial charge is 0.177 e. The summed E-state index contributed by atoms with van der Waals surface area (Å²) in [5.41, 5.74) is 0. The molecule has 0 amide bonds. The second-order valence-corrected chi connectivity index (χ2v) is 4.44. The van der Waals surface area contributed by atoms with Crippen molar-refractivity contribution < 1.29 is 13.2 Å². The van der Waals surface area contributed by atoms with Crippen LogP contribution in [0.25, 0.3) is 0 Å². The van der Waals surface area contributed by atoms with Gasteiger partial charge in [0.05, 0.1) is 23.5 Å². The minimum Gasteiger partial charge on any atom is -0.500 e. The van der Waals surface area contributed by atoms with Crippen LogP contribution >= 0.6 is 0 Å². The van der Waals surface area contributed by atoms with Crippen molar-refractivity contribution in [2.75, 3.05) is 12.4 Å². The third-order valence-electron chi connectivity index (χ3n) is 1.46. The van der Waals surface area contributed by atoms with Crippen molar-refractivity contribution in [1.82, 2.24) is 0 Å². The highest BCUT2D eigenvalue weighted by atomic mass is 32.2. The first-order valence-electron chi connectivity index (χ1n) is 3.20. The molecule has 0 radical (unpaired) electrons. The van der Waals surface area contributed by atoms with Crippen LogP contribution in [0.15, 0.2) is 11.2 Å². The molecule has 3 nitrogen and oxygen atoms in total. The van der Waals surface area contributed by atoms with Crippen molar-refractivity contribution >= 4 is 9.84 Å². The second kappa shape index (κ2) is 2.62. The van der Waals surface area contributed by atoms with E-state index in [9.17, 15) is 8.42 Å². The number of hydrogen-bond donors (Lipinski definition) is 0. The standard InChI is InChI=1S/C6H10O3S/c1-2-10(7,8)6-3-4-9-5-6/h5H,2-4H2,1H3. The Labute approximate surface area is 60.6 Å². The maximum atomic E-state index is 11.1. The van der Waals surface area contributed by atoms with Gasteiger partial charge in [-0.2, -0.15) is 0 Å². The SMILES string of the molecule is CCS(=O)(=O)C1=COCC1. The van der Waals surface area contributed by atoms with Gasteiger partial charge in [0.2, 0.25) is 0 Å². The summed E-state index contributed by atoms with van der Waals surface area (Å²) >= 11 is 0. The molecule has 0 aliphatic carbocycles. The van der Waals surface area contributed by atoms with Crippen LogP contribution in [0.1, 0.15) is 13.3 Å². The van der Waals surface area contributed by atoms with E-state index < -0.39 is 9.84 Å². The first kappa shape index (κ1) is 7.60. The van der Waals surface area contributed by atoms with Crippen molar-refractivity contribution in [2.24, 2.45) is 0 Å². The molecule has 0 unspecified atom stereocenters. The zero-order chi connectivity index (χ0) is 7.61. The molecular formula is C6H10O3S. The summed E-state index contributed by atoms with van der Waals surface area (Å²) in [4.78, 5) is 0.440. The van der Waals surface area contributed by atoms with Crippen molar-refractivity contribution in [3.63, 3.8) is 0 Å². The summed E-state index contributed by atoms with van der Waals surface area (Å²) in [5.74, 6) is 0.169. The number of hydrogen-bond acceptors (Lipinski definition) is 3. The summed E-state index contributed by atoms with van der Waals surface area (Å²) in [6, 6.07) is 0. The van der Waals surface area contributed by atoms with Crippen LogP contribution in [0.2, 0.25) is 0 Å². The Balaban J connectivity index is 2.83. The molecule has 1 heterocycles. The van der Waals surface area contributed by atoms with Gasteiger partial charge in [-0.3, -0.25) is 0 Å². The van der Waals surface area contributed by atoms with Crippen molar-refractivity contribution in [2.45, 2.75) is 13.3 Å². The lowest BCUT2D eigenvalue weighted by atomic mass is 10.5. The van der Waals surface area contributed by atoms with Gasteiger partial charge < -0.3 is 4.74 Å². The Hall–Kier alpha value is -0.510. The predicted octanol–water partition coefficient (Wildman–Crippen LogP) is 0.683. The monoisotopic (exact) mass is 162 g/mol. The van der Waals surface area contributed by atoms with E-state index in [1.165, 1.54) is 6.26 Å². The average molecular weight is 162 g/mol. The van der Waals surface area contributed by atoms with Crippen LogP contribution < -0.4 is 0 Å². The lowest BCUT2D eigenvalue weighted by Crippen LogP contribution is -2.04. The van der Waals surface area contributed by atoms with E-state index >= 15 is 0 Å². The zero-order valence-electron chi connectivity index (χ0n) is 5.83. The van der Waals surface area contributed by atoms with E-state index in [0.717, 1.165) is 0 Å². The maximum absolute atomic E-state index is 11.1. The van der Waals surface area contributed by atoms with Gasteiger partial charge in [-0.05, 0) is 0 Å². The second-order valence-electron chi connectivity index (χ2n) is 2.11. The Morgan fingerprint density at radius 1 is 1.70 bits per heavy atom. The first-order valence-corrected chi connectivity index (χ1v) is 4.85. The summed E-state index contributed by atoms with van der Waals surface area (Å²) in [6.07, 6.45) is 1.88. The van der Waals surface area contributed by atoms with E-state index in [0.29, 0.717) is 17.9 Å². The molecule has 0 spiro atoms. The van der Waals surface area contributed by atoms with Gasteiger partial charge >= 0.3 is 0 Å². The van der Waals surface area contributed by atoms with Gasteiger partial charge in [0, 0.05) is 6.42 Å². The summed E-state index contributed by atoms with van der Waals surface area (Å²) in [6.45, 7) is 2.14. The minimum atomic E-state index is -2.96. The van der Waals surface area contributed by atoms with E-state index in [1.807, 2.05) is 0 Å². The number of rotatable bonds is 2. The molecule has 1 aliphatic heterocycles. The van der Waals surface area contributed by atoms with E-state index in [2.05, 4.69) is 0 Å². The Kier molecular flexibility index (Phi) is 1.99. The van der Waals surface area contributed by atoms with E-state index in [4.69, 9.17) is 4.74 Å². The highest BCUT2D eigenvalue weighted by Crippen LogP contribution is 2.17. The minimum absolute atomic E-state index is 0.169. The van der Waals surface area contributed by atoms with Crippen LogP contribution in [-0.2, 0) is 14.6 Å². The predicted molar refractivity (Wildman–Crippen MR) is 38.1 cm³/mol. The van der Waals surface area contributed by atoms with Gasteiger partial charge in [0.25, 0.3) is 0 Å². The molecule has 0 bridgehead atoms. The van der Waals surface area contributed by atoms with Crippen molar-refractivity contribution in [3.05, 3.63) is 11.2 Å². The highest BCUT2D eigenvalue weighted by molar-refractivity contribution is 7.95. The molecule has 1 rings (SSSR count). The topological polar surface area (TPSA) is 43.4 Å². The Bertz CT molecular complexity index is 238. The van der Waals surface area contributed by atoms with Crippen LogP contribution in [0.4, 0.5) is 0 Å². The summed E-state index contributed by atoms with van der Waals surface area (Å²) in [5, 5.41) is 0. The van der Waals surface area contributed by atoms with Gasteiger partial charge in [0.1, 0.15) is 0 Å². The highest BCUT2D eigenvalue weighted by Gasteiger charge is 2.18. The van der Waals surface area contributed by atoms with Crippen LogP contribution in [0.5, 0.6) is 0 Å². The third kappa shape index (κ3) is 1.31. The number of ether oxygens (including phenoxy) is 1. The van der Waals surface area contributed by atoms with E-state index in [1.54, 1.807) is 6.92 Å². The third-order valence-corrected chi connectivity index (χ3v) is 3.32. The van der Waals surface area contributed by atoms with Crippen LogP contribution in [0, 0.1) is 0 Å². The Morgan fingerprint density at radius 3 is 2.80 bits per heavy atom. The normalized spacial score (nSPS) is 18.3. The molecule has 58 valence electrons. The maximum Gasteiger partial charge on any atom is 0.177 e. The van der Waals surface area contributed by atoms with Gasteiger partial charge in [0.15, 0.2) is 9.84 Å². The number of sulfone groups is 1.